The SMILES string of the molecule is c1ccc(-c2cccc(-n3c4ccccc4c4cc5oc6cc(-c7nc(-c8ccccc8)nc(-c8ccc9c(c8)oc8ccccc89)n7)ccc6c5cc43)c2)cc1. The van der Waals surface area contributed by atoms with Crippen molar-refractivity contribution in [2.24, 2.45) is 0 Å². The minimum Gasteiger partial charge on any atom is -0.456 e. The smallest absolute Gasteiger partial charge is 0.164 e. The summed E-state index contributed by atoms with van der Waals surface area (Å²) in [4.78, 5) is 15.0. The van der Waals surface area contributed by atoms with Crippen molar-refractivity contribution in [1.82, 2.24) is 19.5 Å². The average molecular weight is 731 g/mol. The van der Waals surface area contributed by atoms with Crippen molar-refractivity contribution in [1.29, 1.82) is 0 Å². The summed E-state index contributed by atoms with van der Waals surface area (Å²) in [5.74, 6) is 1.72. The van der Waals surface area contributed by atoms with Crippen molar-refractivity contribution in [3.8, 4) is 51.0 Å². The lowest BCUT2D eigenvalue weighted by Crippen LogP contribution is -2.00. The van der Waals surface area contributed by atoms with E-state index >= 15 is 0 Å². The van der Waals surface area contributed by atoms with E-state index in [9.17, 15) is 0 Å². The summed E-state index contributed by atoms with van der Waals surface area (Å²) in [5.41, 5.74) is 11.6. The Bertz CT molecular complexity index is 3530. The molecule has 0 aliphatic rings. The first-order valence-corrected chi connectivity index (χ1v) is 19.0. The molecule has 6 heteroatoms. The molecule has 0 unspecified atom stereocenters. The minimum atomic E-state index is 0.562. The third-order valence-corrected chi connectivity index (χ3v) is 11.0. The molecule has 6 nitrogen and oxygen atoms in total. The highest BCUT2D eigenvalue weighted by atomic mass is 16.3. The molecular formula is C51H30N4O2. The van der Waals surface area contributed by atoms with Crippen molar-refractivity contribution in [2.75, 3.05) is 0 Å². The lowest BCUT2D eigenvalue weighted by atomic mass is 10.1. The summed E-state index contributed by atoms with van der Waals surface area (Å²) in [6.07, 6.45) is 0. The van der Waals surface area contributed by atoms with Crippen LogP contribution in [0.2, 0.25) is 0 Å². The fourth-order valence-electron chi connectivity index (χ4n) is 8.33. The van der Waals surface area contributed by atoms with Gasteiger partial charge in [0, 0.05) is 54.7 Å². The molecule has 4 aromatic heterocycles. The van der Waals surface area contributed by atoms with Crippen molar-refractivity contribution >= 4 is 65.7 Å². The summed E-state index contributed by atoms with van der Waals surface area (Å²) >= 11 is 0. The Labute approximate surface area is 325 Å². The lowest BCUT2D eigenvalue weighted by molar-refractivity contribution is 0.669. The van der Waals surface area contributed by atoms with Crippen LogP contribution in [0.15, 0.2) is 191 Å². The third-order valence-electron chi connectivity index (χ3n) is 11.0. The van der Waals surface area contributed by atoms with Crippen LogP contribution in [0.3, 0.4) is 0 Å². The molecule has 8 aromatic carbocycles. The molecule has 0 spiro atoms. The van der Waals surface area contributed by atoms with Gasteiger partial charge in [0.15, 0.2) is 17.5 Å². The van der Waals surface area contributed by atoms with E-state index in [1.165, 1.54) is 16.5 Å². The van der Waals surface area contributed by atoms with Gasteiger partial charge in [-0.25, -0.2) is 15.0 Å². The second-order valence-corrected chi connectivity index (χ2v) is 14.4. The van der Waals surface area contributed by atoms with Crippen LogP contribution < -0.4 is 0 Å². The lowest BCUT2D eigenvalue weighted by Gasteiger charge is -2.10. The normalized spacial score (nSPS) is 11.9. The molecule has 0 aliphatic carbocycles. The molecule has 4 heterocycles. The van der Waals surface area contributed by atoms with Crippen LogP contribution in [-0.4, -0.2) is 19.5 Å². The van der Waals surface area contributed by atoms with Crippen LogP contribution in [0.5, 0.6) is 0 Å². The molecule has 57 heavy (non-hydrogen) atoms. The van der Waals surface area contributed by atoms with Crippen LogP contribution in [0.4, 0.5) is 0 Å². The molecule has 12 rings (SSSR count). The molecule has 0 saturated carbocycles. The van der Waals surface area contributed by atoms with Gasteiger partial charge in [-0.05, 0) is 71.8 Å². The zero-order chi connectivity index (χ0) is 37.5. The van der Waals surface area contributed by atoms with Crippen molar-refractivity contribution in [2.45, 2.75) is 0 Å². The van der Waals surface area contributed by atoms with E-state index in [1.54, 1.807) is 0 Å². The Morgan fingerprint density at radius 3 is 1.58 bits per heavy atom. The third kappa shape index (κ3) is 5.08. The molecule has 0 N–H and O–H groups in total. The topological polar surface area (TPSA) is 69.9 Å². The first-order valence-electron chi connectivity index (χ1n) is 19.0. The van der Waals surface area contributed by atoms with Crippen molar-refractivity contribution in [3.63, 3.8) is 0 Å². The number of hydrogen-bond acceptors (Lipinski definition) is 5. The summed E-state index contributed by atoms with van der Waals surface area (Å²) in [6, 6.07) is 62.9. The summed E-state index contributed by atoms with van der Waals surface area (Å²) in [5, 5.41) is 6.52. The number of hydrogen-bond donors (Lipinski definition) is 0. The van der Waals surface area contributed by atoms with E-state index in [4.69, 9.17) is 23.8 Å². The molecule has 266 valence electrons. The van der Waals surface area contributed by atoms with Crippen LogP contribution >= 0.6 is 0 Å². The monoisotopic (exact) mass is 730 g/mol. The number of para-hydroxylation sites is 2. The van der Waals surface area contributed by atoms with Crippen LogP contribution in [0.25, 0.3) is 117 Å². The second kappa shape index (κ2) is 12.3. The van der Waals surface area contributed by atoms with Gasteiger partial charge in [0.1, 0.15) is 22.3 Å². The number of nitrogens with zero attached hydrogens (tertiary/aromatic N) is 4. The van der Waals surface area contributed by atoms with Crippen LogP contribution in [-0.2, 0) is 0 Å². The van der Waals surface area contributed by atoms with Gasteiger partial charge in [-0.15, -0.1) is 0 Å². The van der Waals surface area contributed by atoms with Crippen molar-refractivity contribution in [3.05, 3.63) is 182 Å². The average Bonchev–Trinajstić information content (AvgIpc) is 3.94. The number of rotatable bonds is 5. The highest BCUT2D eigenvalue weighted by Crippen LogP contribution is 2.40. The maximum absolute atomic E-state index is 6.68. The predicted octanol–water partition coefficient (Wildman–Crippen LogP) is 13.4. The fraction of sp³-hybridized carbons (Fsp3) is 0. The Morgan fingerprint density at radius 2 is 0.842 bits per heavy atom. The molecule has 0 fully saturated rings. The van der Waals surface area contributed by atoms with Gasteiger partial charge in [0.05, 0.1) is 11.0 Å². The standard InChI is InChI=1S/C51H30N4O2/c1-3-12-31(13-4-1)33-16-11-17-36(26-33)55-43-20-9-7-18-37(43)41-30-48-42(29-44(41)55)40-25-23-35(28-47(40)57-48)51-53-49(32-14-5-2-6-15-32)52-50(54-51)34-22-24-39-38-19-8-10-21-45(38)56-46(39)27-34/h1-30H. The molecule has 0 radical (unpaired) electrons. The summed E-state index contributed by atoms with van der Waals surface area (Å²) in [6.45, 7) is 0. The Morgan fingerprint density at radius 1 is 0.298 bits per heavy atom. The fourth-order valence-corrected chi connectivity index (χ4v) is 8.33. The first kappa shape index (κ1) is 31.5. The highest BCUT2D eigenvalue weighted by molar-refractivity contribution is 6.17. The predicted molar refractivity (Wildman–Crippen MR) is 230 cm³/mol. The zero-order valence-electron chi connectivity index (χ0n) is 30.4. The molecule has 0 saturated heterocycles. The summed E-state index contributed by atoms with van der Waals surface area (Å²) < 4.78 is 15.3. The highest BCUT2D eigenvalue weighted by Gasteiger charge is 2.19. The number of fused-ring (bicyclic) bond motifs is 9. The Balaban J connectivity index is 1.01. The molecule has 12 aromatic rings. The van der Waals surface area contributed by atoms with E-state index in [1.807, 2.05) is 60.7 Å². The second-order valence-electron chi connectivity index (χ2n) is 14.4. The minimum absolute atomic E-state index is 0.562. The number of aromatic nitrogens is 4. The molecule has 0 atom stereocenters. The van der Waals surface area contributed by atoms with Gasteiger partial charge >= 0.3 is 0 Å². The van der Waals surface area contributed by atoms with E-state index in [-0.39, 0.29) is 0 Å². The maximum atomic E-state index is 6.68. The largest absolute Gasteiger partial charge is 0.456 e. The van der Waals surface area contributed by atoms with Gasteiger partial charge in [-0.2, -0.15) is 0 Å². The number of benzene rings is 8. The van der Waals surface area contributed by atoms with Gasteiger partial charge in [0.2, 0.25) is 0 Å². The quantitative estimate of drug-likeness (QED) is 0.176. The van der Waals surface area contributed by atoms with Crippen LogP contribution in [0, 0.1) is 0 Å². The molecule has 0 bridgehead atoms. The zero-order valence-corrected chi connectivity index (χ0v) is 30.4. The van der Waals surface area contributed by atoms with Crippen molar-refractivity contribution < 1.29 is 8.83 Å². The Kier molecular flexibility index (Phi) is 6.83. The molecular weight excluding hydrogens is 701 g/mol. The molecule has 0 amide bonds. The van der Waals surface area contributed by atoms with E-state index in [2.05, 4.69) is 126 Å². The van der Waals surface area contributed by atoms with E-state index in [0.29, 0.717) is 17.5 Å². The van der Waals surface area contributed by atoms with Crippen LogP contribution in [0.1, 0.15) is 0 Å². The molecule has 0 aliphatic heterocycles. The van der Waals surface area contributed by atoms with Gasteiger partial charge in [0.25, 0.3) is 0 Å². The van der Waals surface area contributed by atoms with Gasteiger partial charge in [-0.1, -0.05) is 121 Å². The first-order chi connectivity index (χ1) is 28.2. The number of furan rings is 2. The van der Waals surface area contributed by atoms with Gasteiger partial charge < -0.3 is 13.4 Å². The van der Waals surface area contributed by atoms with Gasteiger partial charge in [-0.3, -0.25) is 0 Å². The summed E-state index contributed by atoms with van der Waals surface area (Å²) in [7, 11) is 0. The maximum Gasteiger partial charge on any atom is 0.164 e. The Hall–Kier alpha value is -7.83. The van der Waals surface area contributed by atoms with E-state index < -0.39 is 0 Å². The van der Waals surface area contributed by atoms with E-state index in [0.717, 1.165) is 82.7 Å².